The van der Waals surface area contributed by atoms with Crippen LogP contribution in [-0.4, -0.2) is 35.8 Å². The van der Waals surface area contributed by atoms with Gasteiger partial charge in [-0.25, -0.2) is 9.18 Å². The Bertz CT molecular complexity index is 288. The van der Waals surface area contributed by atoms with Gasteiger partial charge in [-0.2, -0.15) is 0 Å². The molecule has 0 radical (unpaired) electrons. The molecule has 0 atom stereocenters. The topological polar surface area (TPSA) is 152 Å². The Kier molecular flexibility index (Phi) is 3.05. The third-order valence-corrected chi connectivity index (χ3v) is 4.53. The van der Waals surface area contributed by atoms with Crippen LogP contribution in [0, 0.1) is 0 Å². The maximum atomic E-state index is 12.8. The van der Waals surface area contributed by atoms with E-state index in [9.17, 15) is 18.3 Å². The molecule has 0 unspecified atom stereocenters. The normalized spacial score (nSPS) is 14.2. The highest BCUT2D eigenvalue weighted by molar-refractivity contribution is 7.73. The van der Waals surface area contributed by atoms with Crippen molar-refractivity contribution in [3.05, 3.63) is 0 Å². The minimum atomic E-state index is -6.09. The number of rotatable bonds is 3. The van der Waals surface area contributed by atoms with E-state index < -0.39 is 26.3 Å². The minimum absolute atomic E-state index is 2.91. The second-order valence-electron chi connectivity index (χ2n) is 1.98. The van der Waals surface area contributed by atoms with Crippen molar-refractivity contribution in [1.29, 1.82) is 0 Å². The quantitative estimate of drug-likeness (QED) is 0.394. The van der Waals surface area contributed by atoms with Crippen molar-refractivity contribution >= 4 is 21.2 Å². The minimum Gasteiger partial charge on any atom is -0.478 e. The zero-order chi connectivity index (χ0) is 11.1. The van der Waals surface area contributed by atoms with Crippen LogP contribution in [0.1, 0.15) is 0 Å². The predicted octanol–water partition coefficient (Wildman–Crippen LogP) is -0.950. The molecule has 0 aliphatic carbocycles. The van der Waals surface area contributed by atoms with Crippen LogP contribution in [0.3, 0.4) is 0 Å². The standard InChI is InChI=1S/C2H5FO8P2/c3-2(1(4)5,12(6,7)8)13(9,10)11/h(H,4,5)(H2,6,7,8)(H2,9,10,11). The predicted molar refractivity (Wildman–Crippen MR) is 35.6 cm³/mol. The highest BCUT2D eigenvalue weighted by Gasteiger charge is 2.68. The first kappa shape index (κ1) is 12.7. The van der Waals surface area contributed by atoms with Gasteiger partial charge in [-0.05, 0) is 0 Å². The monoisotopic (exact) mass is 238 g/mol. The van der Waals surface area contributed by atoms with E-state index in [1.807, 2.05) is 0 Å². The Balaban J connectivity index is 5.64. The Morgan fingerprint density at radius 1 is 1.08 bits per heavy atom. The van der Waals surface area contributed by atoms with Crippen LogP contribution in [0.4, 0.5) is 4.39 Å². The van der Waals surface area contributed by atoms with E-state index in [1.165, 1.54) is 0 Å². The lowest BCUT2D eigenvalue weighted by Gasteiger charge is -2.21. The van der Waals surface area contributed by atoms with E-state index in [4.69, 9.17) is 24.7 Å². The van der Waals surface area contributed by atoms with Crippen molar-refractivity contribution in [2.75, 3.05) is 0 Å². The molecule has 8 nitrogen and oxygen atoms in total. The SMILES string of the molecule is O=C(O)C(F)(P(=O)(O)O)P(=O)(O)O. The van der Waals surface area contributed by atoms with Crippen molar-refractivity contribution < 1.29 is 43.0 Å². The molecule has 0 aromatic carbocycles. The molecule has 0 saturated heterocycles. The Morgan fingerprint density at radius 2 is 1.31 bits per heavy atom. The number of hydrogen-bond donors (Lipinski definition) is 5. The average Bonchev–Trinajstić information content (AvgIpc) is 1.80. The third kappa shape index (κ3) is 1.96. The van der Waals surface area contributed by atoms with Crippen molar-refractivity contribution in [1.82, 2.24) is 0 Å². The Labute approximate surface area is 70.3 Å². The fourth-order valence-corrected chi connectivity index (χ4v) is 2.27. The van der Waals surface area contributed by atoms with Gasteiger partial charge in [0.05, 0.1) is 0 Å². The number of aliphatic carboxylic acids is 1. The molecule has 0 heterocycles. The summed E-state index contributed by atoms with van der Waals surface area (Å²) >= 11 is 0. The van der Waals surface area contributed by atoms with Gasteiger partial charge in [0, 0.05) is 0 Å². The van der Waals surface area contributed by atoms with E-state index in [0.29, 0.717) is 0 Å². The van der Waals surface area contributed by atoms with Gasteiger partial charge < -0.3 is 24.7 Å². The third-order valence-electron chi connectivity index (χ3n) is 1.04. The van der Waals surface area contributed by atoms with Gasteiger partial charge in [-0.15, -0.1) is 0 Å². The molecule has 0 amide bonds. The Morgan fingerprint density at radius 3 is 1.31 bits per heavy atom. The molecule has 13 heavy (non-hydrogen) atoms. The molecular weight excluding hydrogens is 233 g/mol. The van der Waals surface area contributed by atoms with Gasteiger partial charge >= 0.3 is 26.3 Å². The van der Waals surface area contributed by atoms with E-state index in [2.05, 4.69) is 0 Å². The highest BCUT2D eigenvalue weighted by atomic mass is 31.2. The molecule has 78 valence electrons. The van der Waals surface area contributed by atoms with Gasteiger partial charge in [-0.1, -0.05) is 0 Å². The summed E-state index contributed by atoms with van der Waals surface area (Å²) in [6.45, 7) is 0. The van der Waals surface area contributed by atoms with Crippen molar-refractivity contribution in [3.8, 4) is 0 Å². The smallest absolute Gasteiger partial charge is 0.402 e. The van der Waals surface area contributed by atoms with E-state index in [0.717, 1.165) is 0 Å². The molecule has 0 saturated carbocycles. The first-order valence-corrected chi connectivity index (χ1v) is 5.70. The summed E-state index contributed by atoms with van der Waals surface area (Å²) in [6, 6.07) is 0. The fraction of sp³-hybridized carbons (Fsp3) is 0.500. The number of halogens is 1. The van der Waals surface area contributed by atoms with Crippen molar-refractivity contribution in [2.24, 2.45) is 0 Å². The van der Waals surface area contributed by atoms with Crippen LogP contribution in [0.15, 0.2) is 0 Å². The first-order chi connectivity index (χ1) is 5.44. The summed E-state index contributed by atoms with van der Waals surface area (Å²) in [7, 11) is -12.2. The summed E-state index contributed by atoms with van der Waals surface area (Å²) in [5, 5.41) is 3.07. The molecule has 0 spiro atoms. The molecule has 0 bridgehead atoms. The van der Waals surface area contributed by atoms with Crippen molar-refractivity contribution in [3.63, 3.8) is 0 Å². The lowest BCUT2D eigenvalue weighted by atomic mass is 10.8. The summed E-state index contributed by atoms with van der Waals surface area (Å²) in [5.74, 6) is -2.91. The van der Waals surface area contributed by atoms with E-state index >= 15 is 0 Å². The van der Waals surface area contributed by atoms with Gasteiger partial charge in [0.1, 0.15) is 0 Å². The maximum absolute atomic E-state index is 12.8. The zero-order valence-corrected chi connectivity index (χ0v) is 7.52. The number of carbonyl (C=O) groups is 1. The molecular formula is C2H5FO8P2. The maximum Gasteiger partial charge on any atom is 0.402 e. The number of alkyl halides is 1. The summed E-state index contributed by atoms with van der Waals surface area (Å²) < 4.78 is 33.2. The highest BCUT2D eigenvalue weighted by Crippen LogP contribution is 2.69. The number of carboxylic acids is 1. The van der Waals surface area contributed by atoms with Crippen LogP contribution in [0.2, 0.25) is 0 Å². The zero-order valence-electron chi connectivity index (χ0n) is 5.73. The molecule has 5 N–H and O–H groups in total. The van der Waals surface area contributed by atoms with Crippen LogP contribution in [0.5, 0.6) is 0 Å². The lowest BCUT2D eigenvalue weighted by Crippen LogP contribution is -2.33. The number of carboxylic acid groups (broad SMARTS) is 1. The van der Waals surface area contributed by atoms with E-state index in [-0.39, 0.29) is 0 Å². The van der Waals surface area contributed by atoms with Gasteiger partial charge in [-0.3, -0.25) is 9.13 Å². The molecule has 11 heteroatoms. The van der Waals surface area contributed by atoms with Crippen LogP contribution >= 0.6 is 15.2 Å². The second kappa shape index (κ2) is 3.13. The fourth-order valence-electron chi connectivity index (χ4n) is 0.419. The molecule has 0 aliphatic rings. The summed E-state index contributed by atoms with van der Waals surface area (Å²) in [6.07, 6.45) is 0. The van der Waals surface area contributed by atoms with Gasteiger partial charge in [0.15, 0.2) is 0 Å². The largest absolute Gasteiger partial charge is 0.478 e. The lowest BCUT2D eigenvalue weighted by molar-refractivity contribution is -0.142. The first-order valence-electron chi connectivity index (χ1n) is 2.48. The molecule has 0 fully saturated rings. The molecule has 0 aromatic heterocycles. The molecule has 0 aromatic rings. The average molecular weight is 238 g/mol. The van der Waals surface area contributed by atoms with E-state index in [1.54, 1.807) is 0 Å². The Hall–Kier alpha value is -0.300. The van der Waals surface area contributed by atoms with Gasteiger partial charge in [0.25, 0.3) is 0 Å². The number of hydrogen-bond acceptors (Lipinski definition) is 3. The summed E-state index contributed by atoms with van der Waals surface area (Å²) in [4.78, 5) is 42.4. The van der Waals surface area contributed by atoms with Gasteiger partial charge in [0.2, 0.25) is 0 Å². The van der Waals surface area contributed by atoms with Crippen molar-refractivity contribution in [2.45, 2.75) is 5.15 Å². The second-order valence-corrected chi connectivity index (χ2v) is 5.74. The molecule has 0 rings (SSSR count). The van der Waals surface area contributed by atoms with Crippen LogP contribution in [-0.2, 0) is 13.9 Å². The summed E-state index contributed by atoms with van der Waals surface area (Å²) in [5.41, 5.74) is 0. The van der Waals surface area contributed by atoms with Crippen LogP contribution in [0.25, 0.3) is 0 Å². The molecule has 0 aliphatic heterocycles. The van der Waals surface area contributed by atoms with Crippen LogP contribution < -0.4 is 0 Å².